The predicted molar refractivity (Wildman–Crippen MR) is 99.1 cm³/mol. The highest BCUT2D eigenvalue weighted by atomic mass is 35.5. The van der Waals surface area contributed by atoms with Crippen molar-refractivity contribution < 1.29 is 9.53 Å². The highest BCUT2D eigenvalue weighted by Gasteiger charge is 2.14. The molecular formula is C18H13Cl2N3O3. The van der Waals surface area contributed by atoms with E-state index < -0.39 is 5.69 Å². The third-order valence-corrected chi connectivity index (χ3v) is 4.21. The van der Waals surface area contributed by atoms with Crippen molar-refractivity contribution in [3.05, 3.63) is 74.8 Å². The molecule has 8 heteroatoms. The summed E-state index contributed by atoms with van der Waals surface area (Å²) >= 11 is 11.8. The lowest BCUT2D eigenvalue weighted by molar-refractivity contribution is 0.0965. The molecule has 0 aliphatic rings. The van der Waals surface area contributed by atoms with Crippen LogP contribution in [0.3, 0.4) is 0 Å². The zero-order valence-corrected chi connectivity index (χ0v) is 15.2. The molecule has 132 valence electrons. The first-order valence-electron chi connectivity index (χ1n) is 7.55. The number of halogens is 2. The fourth-order valence-corrected chi connectivity index (χ4v) is 2.82. The molecule has 0 aliphatic heterocycles. The molecule has 2 aromatic carbocycles. The van der Waals surface area contributed by atoms with Crippen LogP contribution in [-0.2, 0) is 6.54 Å². The van der Waals surface area contributed by atoms with Gasteiger partial charge in [-0.15, -0.1) is 0 Å². The van der Waals surface area contributed by atoms with Crippen molar-refractivity contribution in [2.45, 2.75) is 6.54 Å². The summed E-state index contributed by atoms with van der Waals surface area (Å²) in [6.45, 7) is -0.268. The molecule has 26 heavy (non-hydrogen) atoms. The summed E-state index contributed by atoms with van der Waals surface area (Å²) < 4.78 is 6.08. The quantitative estimate of drug-likeness (QED) is 0.624. The van der Waals surface area contributed by atoms with Crippen LogP contribution in [0.5, 0.6) is 5.75 Å². The van der Waals surface area contributed by atoms with Gasteiger partial charge in [-0.2, -0.15) is 10.1 Å². The number of aromatic nitrogens is 3. The molecule has 0 unspecified atom stereocenters. The molecule has 0 bridgehead atoms. The Morgan fingerprint density at radius 3 is 2.50 bits per heavy atom. The average Bonchev–Trinajstić information content (AvgIpc) is 2.63. The van der Waals surface area contributed by atoms with E-state index in [2.05, 4.69) is 10.1 Å². The average molecular weight is 390 g/mol. The van der Waals surface area contributed by atoms with Gasteiger partial charge in [0.25, 0.3) is 0 Å². The van der Waals surface area contributed by atoms with Crippen LogP contribution >= 0.6 is 23.2 Å². The van der Waals surface area contributed by atoms with Gasteiger partial charge >= 0.3 is 5.69 Å². The molecule has 0 atom stereocenters. The maximum Gasteiger partial charge on any atom is 0.364 e. The first-order chi connectivity index (χ1) is 12.5. The van der Waals surface area contributed by atoms with Crippen molar-refractivity contribution in [3.8, 4) is 17.0 Å². The molecule has 6 nitrogen and oxygen atoms in total. The van der Waals surface area contributed by atoms with Gasteiger partial charge in [0.1, 0.15) is 12.3 Å². The molecular weight excluding hydrogens is 377 g/mol. The van der Waals surface area contributed by atoms with E-state index in [9.17, 15) is 9.59 Å². The molecule has 3 rings (SSSR count). The van der Waals surface area contributed by atoms with Crippen LogP contribution in [0.2, 0.25) is 10.0 Å². The van der Waals surface area contributed by atoms with Crippen LogP contribution in [0.25, 0.3) is 11.3 Å². The Bertz CT molecular complexity index is 1020. The Morgan fingerprint density at radius 1 is 1.15 bits per heavy atom. The Balaban J connectivity index is 1.83. The molecule has 0 spiro atoms. The molecule has 3 aromatic rings. The smallest absolute Gasteiger partial charge is 0.364 e. The number of Topliss-reactive ketones (excluding diaryl/α,β-unsaturated/α-hetero) is 1. The molecule has 0 saturated heterocycles. The van der Waals surface area contributed by atoms with Crippen molar-refractivity contribution in [1.82, 2.24) is 14.8 Å². The van der Waals surface area contributed by atoms with Gasteiger partial charge in [-0.3, -0.25) is 4.79 Å². The summed E-state index contributed by atoms with van der Waals surface area (Å²) in [5.41, 5.74) is 0.765. The monoisotopic (exact) mass is 389 g/mol. The number of benzene rings is 2. The van der Waals surface area contributed by atoms with E-state index in [-0.39, 0.29) is 22.9 Å². The summed E-state index contributed by atoms with van der Waals surface area (Å²) in [5, 5.41) is 4.67. The molecule has 0 aliphatic carbocycles. The molecule has 0 saturated carbocycles. The van der Waals surface area contributed by atoms with E-state index in [1.807, 2.05) is 0 Å². The number of ketones is 1. The minimum absolute atomic E-state index is 0.221. The predicted octanol–water partition coefficient (Wildman–Crippen LogP) is 3.50. The molecule has 0 amide bonds. The van der Waals surface area contributed by atoms with Crippen LogP contribution < -0.4 is 10.4 Å². The summed E-state index contributed by atoms with van der Waals surface area (Å²) in [7, 11) is 1.57. The van der Waals surface area contributed by atoms with Crippen molar-refractivity contribution in [2.75, 3.05) is 7.11 Å². The van der Waals surface area contributed by atoms with Crippen molar-refractivity contribution in [1.29, 1.82) is 0 Å². The zero-order chi connectivity index (χ0) is 18.7. The number of carbonyl (C=O) groups excluding carboxylic acids is 1. The summed E-state index contributed by atoms with van der Waals surface area (Å²) in [4.78, 5) is 28.5. The van der Waals surface area contributed by atoms with Gasteiger partial charge in [0.05, 0.1) is 24.0 Å². The first-order valence-corrected chi connectivity index (χ1v) is 8.30. The number of methoxy groups -OCH3 is 1. The zero-order valence-electron chi connectivity index (χ0n) is 13.6. The largest absolute Gasteiger partial charge is 0.497 e. The minimum Gasteiger partial charge on any atom is -0.497 e. The van der Waals surface area contributed by atoms with Crippen molar-refractivity contribution in [2.24, 2.45) is 0 Å². The normalized spacial score (nSPS) is 10.6. The highest BCUT2D eigenvalue weighted by Crippen LogP contribution is 2.22. The Labute approximate surface area is 159 Å². The summed E-state index contributed by atoms with van der Waals surface area (Å²) in [6, 6.07) is 11.6. The van der Waals surface area contributed by atoms with Crippen molar-refractivity contribution >= 4 is 29.0 Å². The maximum absolute atomic E-state index is 12.4. The minimum atomic E-state index is -0.628. The fourth-order valence-electron chi connectivity index (χ4n) is 2.31. The third-order valence-electron chi connectivity index (χ3n) is 3.67. The molecule has 0 fully saturated rings. The number of ether oxygens (including phenoxy) is 1. The van der Waals surface area contributed by atoms with E-state index in [4.69, 9.17) is 27.9 Å². The van der Waals surface area contributed by atoms with Crippen LogP contribution in [0.1, 0.15) is 10.4 Å². The number of nitrogens with zero attached hydrogens (tertiary/aromatic N) is 3. The second kappa shape index (κ2) is 7.68. The maximum atomic E-state index is 12.4. The Hall–Kier alpha value is -2.70. The molecule has 0 radical (unpaired) electrons. The van der Waals surface area contributed by atoms with Gasteiger partial charge in [-0.25, -0.2) is 9.48 Å². The fraction of sp³-hybridized carbons (Fsp3) is 0.111. The van der Waals surface area contributed by atoms with Crippen LogP contribution in [0.4, 0.5) is 0 Å². The van der Waals surface area contributed by atoms with E-state index in [1.54, 1.807) is 37.4 Å². The van der Waals surface area contributed by atoms with Gasteiger partial charge in [-0.05, 0) is 42.5 Å². The second-order valence-electron chi connectivity index (χ2n) is 5.36. The van der Waals surface area contributed by atoms with Gasteiger partial charge in [0.2, 0.25) is 0 Å². The molecule has 1 heterocycles. The topological polar surface area (TPSA) is 74.1 Å². The number of rotatable bonds is 5. The van der Waals surface area contributed by atoms with E-state index in [0.29, 0.717) is 16.5 Å². The number of hydrogen-bond acceptors (Lipinski definition) is 5. The molecule has 1 aromatic heterocycles. The van der Waals surface area contributed by atoms with Crippen molar-refractivity contribution in [3.63, 3.8) is 0 Å². The van der Waals surface area contributed by atoms with Crippen LogP contribution in [-0.4, -0.2) is 27.7 Å². The second-order valence-corrected chi connectivity index (χ2v) is 6.20. The number of hydrogen-bond donors (Lipinski definition) is 0. The van der Waals surface area contributed by atoms with E-state index in [0.717, 1.165) is 10.2 Å². The lowest BCUT2D eigenvalue weighted by atomic mass is 10.1. The number of carbonyl (C=O) groups is 1. The lowest BCUT2D eigenvalue weighted by Crippen LogP contribution is -2.29. The van der Waals surface area contributed by atoms with Crippen LogP contribution in [0.15, 0.2) is 53.5 Å². The van der Waals surface area contributed by atoms with Crippen LogP contribution in [0, 0.1) is 0 Å². The summed E-state index contributed by atoms with van der Waals surface area (Å²) in [6.07, 6.45) is 1.43. The Morgan fingerprint density at radius 2 is 1.88 bits per heavy atom. The SMILES string of the molecule is COc1ccc(-c2cnn(CC(=O)c3ccc(Cl)cc3Cl)c(=O)n2)cc1. The van der Waals surface area contributed by atoms with Gasteiger partial charge in [-0.1, -0.05) is 23.2 Å². The molecule has 0 N–H and O–H groups in total. The van der Waals surface area contributed by atoms with Gasteiger partial charge in [0.15, 0.2) is 5.78 Å². The summed E-state index contributed by atoms with van der Waals surface area (Å²) in [5.74, 6) is 0.334. The van der Waals surface area contributed by atoms with E-state index in [1.165, 1.54) is 18.3 Å². The Kier molecular flexibility index (Phi) is 5.35. The standard InChI is InChI=1S/C18H13Cl2N3O3/c1-26-13-5-2-11(3-6-13)16-9-21-23(18(25)22-16)10-17(24)14-7-4-12(19)8-15(14)20/h2-9H,10H2,1H3. The lowest BCUT2D eigenvalue weighted by Gasteiger charge is -2.07. The van der Waals surface area contributed by atoms with Gasteiger partial charge < -0.3 is 4.74 Å². The van der Waals surface area contributed by atoms with E-state index >= 15 is 0 Å². The highest BCUT2D eigenvalue weighted by molar-refractivity contribution is 6.36. The third kappa shape index (κ3) is 3.92. The van der Waals surface area contributed by atoms with Gasteiger partial charge in [0, 0.05) is 16.1 Å². The first kappa shape index (κ1) is 18.1.